The highest BCUT2D eigenvalue weighted by atomic mass is 19.4. The first-order valence-corrected chi connectivity index (χ1v) is 6.95. The second kappa shape index (κ2) is 5.97. The minimum Gasteiger partial charge on any atom is -0.391 e. The van der Waals surface area contributed by atoms with Crippen LogP contribution in [0.3, 0.4) is 0 Å². The Morgan fingerprint density at radius 3 is 2.67 bits per heavy atom. The second-order valence-electron chi connectivity index (χ2n) is 5.03. The molecule has 0 fully saturated rings. The Balaban J connectivity index is 2.09. The van der Waals surface area contributed by atoms with Gasteiger partial charge in [0.2, 0.25) is 0 Å². The molecule has 1 aromatic carbocycles. The molecule has 0 saturated heterocycles. The summed E-state index contributed by atoms with van der Waals surface area (Å²) in [4.78, 5) is 16.5. The van der Waals surface area contributed by atoms with Crippen LogP contribution in [-0.4, -0.2) is 14.5 Å². The molecule has 0 unspecified atom stereocenters. The Morgan fingerprint density at radius 1 is 1.17 bits per heavy atom. The van der Waals surface area contributed by atoms with E-state index in [1.807, 2.05) is 0 Å². The SMILES string of the molecule is O=c1c(CO)c(Nc2cccc(C(F)(F)F)c2)nc2ccccn12. The van der Waals surface area contributed by atoms with Crippen molar-refractivity contribution in [3.05, 3.63) is 70.1 Å². The lowest BCUT2D eigenvalue weighted by Gasteiger charge is -2.13. The molecular formula is C16H12F3N3O2. The van der Waals surface area contributed by atoms with Crippen LogP contribution in [0.15, 0.2) is 53.5 Å². The van der Waals surface area contributed by atoms with E-state index in [9.17, 15) is 23.1 Å². The van der Waals surface area contributed by atoms with Crippen molar-refractivity contribution >= 4 is 17.2 Å². The van der Waals surface area contributed by atoms with E-state index in [0.29, 0.717) is 5.65 Å². The largest absolute Gasteiger partial charge is 0.416 e. The van der Waals surface area contributed by atoms with Gasteiger partial charge in [0, 0.05) is 11.9 Å². The van der Waals surface area contributed by atoms with Gasteiger partial charge in [0.25, 0.3) is 5.56 Å². The van der Waals surface area contributed by atoms with E-state index < -0.39 is 23.9 Å². The Labute approximate surface area is 134 Å². The molecule has 0 bridgehead atoms. The van der Waals surface area contributed by atoms with Gasteiger partial charge >= 0.3 is 6.18 Å². The zero-order chi connectivity index (χ0) is 17.3. The number of alkyl halides is 3. The van der Waals surface area contributed by atoms with Crippen LogP contribution in [-0.2, 0) is 12.8 Å². The molecule has 0 saturated carbocycles. The average Bonchev–Trinajstić information content (AvgIpc) is 2.55. The number of fused-ring (bicyclic) bond motifs is 1. The molecular weight excluding hydrogens is 323 g/mol. The number of hydrogen-bond donors (Lipinski definition) is 2. The summed E-state index contributed by atoms with van der Waals surface area (Å²) in [5.41, 5.74) is -0.912. The highest BCUT2D eigenvalue weighted by molar-refractivity contribution is 5.62. The van der Waals surface area contributed by atoms with Crippen molar-refractivity contribution in [2.45, 2.75) is 12.8 Å². The van der Waals surface area contributed by atoms with Crippen LogP contribution in [0.5, 0.6) is 0 Å². The lowest BCUT2D eigenvalue weighted by atomic mass is 10.2. The van der Waals surface area contributed by atoms with Gasteiger partial charge in [0.05, 0.1) is 17.7 Å². The molecule has 3 aromatic rings. The molecule has 8 heteroatoms. The van der Waals surface area contributed by atoms with Gasteiger partial charge in [-0.05, 0) is 30.3 Å². The lowest BCUT2D eigenvalue weighted by Crippen LogP contribution is -2.21. The number of halogens is 3. The van der Waals surface area contributed by atoms with Gasteiger partial charge in [0.1, 0.15) is 11.5 Å². The summed E-state index contributed by atoms with van der Waals surface area (Å²) in [6, 6.07) is 9.42. The van der Waals surface area contributed by atoms with Crippen LogP contribution in [0.1, 0.15) is 11.1 Å². The third kappa shape index (κ3) is 2.95. The van der Waals surface area contributed by atoms with Gasteiger partial charge in [-0.15, -0.1) is 0 Å². The van der Waals surface area contributed by atoms with Gasteiger partial charge in [0.15, 0.2) is 0 Å². The molecule has 0 spiro atoms. The fourth-order valence-corrected chi connectivity index (χ4v) is 2.28. The number of nitrogens with zero attached hydrogens (tertiary/aromatic N) is 2. The summed E-state index contributed by atoms with van der Waals surface area (Å²) in [6.07, 6.45) is -2.98. The topological polar surface area (TPSA) is 66.6 Å². The monoisotopic (exact) mass is 335 g/mol. The Hall–Kier alpha value is -2.87. The Morgan fingerprint density at radius 2 is 1.96 bits per heavy atom. The van der Waals surface area contributed by atoms with Gasteiger partial charge in [-0.1, -0.05) is 12.1 Å². The minimum absolute atomic E-state index is 0.0213. The lowest BCUT2D eigenvalue weighted by molar-refractivity contribution is -0.137. The molecule has 0 radical (unpaired) electrons. The normalized spacial score (nSPS) is 11.7. The van der Waals surface area contributed by atoms with Crippen LogP contribution in [0.2, 0.25) is 0 Å². The van der Waals surface area contributed by atoms with E-state index in [-0.39, 0.29) is 17.1 Å². The molecule has 0 amide bonds. The molecule has 5 nitrogen and oxygen atoms in total. The van der Waals surface area contributed by atoms with Crippen LogP contribution < -0.4 is 10.9 Å². The van der Waals surface area contributed by atoms with Crippen LogP contribution in [0.25, 0.3) is 5.65 Å². The number of pyridine rings is 1. The fourth-order valence-electron chi connectivity index (χ4n) is 2.28. The summed E-state index contributed by atoms with van der Waals surface area (Å²) in [7, 11) is 0. The number of rotatable bonds is 3. The zero-order valence-electron chi connectivity index (χ0n) is 12.2. The highest BCUT2D eigenvalue weighted by Crippen LogP contribution is 2.31. The molecule has 0 aliphatic heterocycles. The van der Waals surface area contributed by atoms with Crippen molar-refractivity contribution in [1.82, 2.24) is 9.38 Å². The molecule has 124 valence electrons. The molecule has 2 N–H and O–H groups in total. The number of aliphatic hydroxyl groups is 1. The number of benzene rings is 1. The van der Waals surface area contributed by atoms with Gasteiger partial charge in [-0.2, -0.15) is 13.2 Å². The summed E-state index contributed by atoms with van der Waals surface area (Å²) < 4.78 is 39.6. The molecule has 2 heterocycles. The van der Waals surface area contributed by atoms with E-state index in [0.717, 1.165) is 12.1 Å². The number of aliphatic hydroxyl groups excluding tert-OH is 1. The fraction of sp³-hybridized carbons (Fsp3) is 0.125. The molecule has 0 aliphatic carbocycles. The molecule has 3 rings (SSSR count). The highest BCUT2D eigenvalue weighted by Gasteiger charge is 2.30. The number of aromatic nitrogens is 2. The van der Waals surface area contributed by atoms with Gasteiger partial charge in [-0.3, -0.25) is 9.20 Å². The molecule has 2 aromatic heterocycles. The van der Waals surface area contributed by atoms with Crippen molar-refractivity contribution in [3.8, 4) is 0 Å². The molecule has 0 aliphatic rings. The van der Waals surface area contributed by atoms with E-state index in [1.165, 1.54) is 22.7 Å². The van der Waals surface area contributed by atoms with E-state index in [2.05, 4.69) is 10.3 Å². The third-order valence-electron chi connectivity index (χ3n) is 3.44. The molecule has 0 atom stereocenters. The van der Waals surface area contributed by atoms with Gasteiger partial charge in [-0.25, -0.2) is 4.98 Å². The van der Waals surface area contributed by atoms with E-state index >= 15 is 0 Å². The van der Waals surface area contributed by atoms with Crippen molar-refractivity contribution < 1.29 is 18.3 Å². The summed E-state index contributed by atoms with van der Waals surface area (Å²) in [5, 5.41) is 12.1. The Kier molecular flexibility index (Phi) is 3.98. The zero-order valence-corrected chi connectivity index (χ0v) is 12.2. The first kappa shape index (κ1) is 16.0. The first-order chi connectivity index (χ1) is 11.4. The molecule has 24 heavy (non-hydrogen) atoms. The quantitative estimate of drug-likeness (QED) is 0.772. The summed E-state index contributed by atoms with van der Waals surface area (Å²) in [6.45, 7) is -0.592. The number of hydrogen-bond acceptors (Lipinski definition) is 4. The Bertz CT molecular complexity index is 951. The minimum atomic E-state index is -4.48. The maximum absolute atomic E-state index is 12.8. The summed E-state index contributed by atoms with van der Waals surface area (Å²) >= 11 is 0. The maximum Gasteiger partial charge on any atom is 0.416 e. The van der Waals surface area contributed by atoms with E-state index in [4.69, 9.17) is 0 Å². The van der Waals surface area contributed by atoms with Crippen molar-refractivity contribution in [3.63, 3.8) is 0 Å². The van der Waals surface area contributed by atoms with Crippen molar-refractivity contribution in [2.75, 3.05) is 5.32 Å². The predicted octanol–water partition coefficient (Wildman–Crippen LogP) is 2.95. The maximum atomic E-state index is 12.8. The van der Waals surface area contributed by atoms with Gasteiger partial charge < -0.3 is 10.4 Å². The van der Waals surface area contributed by atoms with Crippen molar-refractivity contribution in [1.29, 1.82) is 0 Å². The van der Waals surface area contributed by atoms with Crippen molar-refractivity contribution in [2.24, 2.45) is 0 Å². The predicted molar refractivity (Wildman–Crippen MR) is 82.1 cm³/mol. The number of nitrogens with one attached hydrogen (secondary N) is 1. The van der Waals surface area contributed by atoms with Crippen LogP contribution in [0.4, 0.5) is 24.7 Å². The third-order valence-corrected chi connectivity index (χ3v) is 3.44. The summed E-state index contributed by atoms with van der Waals surface area (Å²) in [5.74, 6) is 0.0213. The number of anilines is 2. The van der Waals surface area contributed by atoms with E-state index in [1.54, 1.807) is 18.2 Å². The van der Waals surface area contributed by atoms with Crippen LogP contribution >= 0.6 is 0 Å². The average molecular weight is 335 g/mol. The first-order valence-electron chi connectivity index (χ1n) is 6.95. The smallest absolute Gasteiger partial charge is 0.391 e. The second-order valence-corrected chi connectivity index (χ2v) is 5.03. The standard InChI is InChI=1S/C16H12F3N3O2/c17-16(18,19)10-4-3-5-11(8-10)20-14-12(9-23)15(24)22-7-2-1-6-13(22)21-14/h1-8,20,23H,9H2. The van der Waals surface area contributed by atoms with Crippen LogP contribution in [0, 0.1) is 0 Å².